The van der Waals surface area contributed by atoms with E-state index in [9.17, 15) is 4.79 Å². The van der Waals surface area contributed by atoms with Crippen LogP contribution in [0.25, 0.3) is 17.3 Å². The predicted molar refractivity (Wildman–Crippen MR) is 119 cm³/mol. The predicted octanol–water partition coefficient (Wildman–Crippen LogP) is 2.90. The standard InChI is InChI=1S/C25H30N4O2/c1-3-4-19-8-9-20-23(28-19)12-22(17-7-10-21(26-13-17)16-5-6-16)29-25(20)31-15(2)18-11-24(30)27-14-18/h7,9-10,12-13,15-16,18-19H,3-6,8,11,14H2,1-2H3,(H,27,30). The van der Waals surface area contributed by atoms with E-state index in [0.717, 1.165) is 41.1 Å². The first kappa shape index (κ1) is 20.2. The lowest BCUT2D eigenvalue weighted by atomic mass is 10.0. The summed E-state index contributed by atoms with van der Waals surface area (Å²) in [6.45, 7) is 4.88. The van der Waals surface area contributed by atoms with Gasteiger partial charge in [-0.2, -0.15) is 0 Å². The Labute approximate surface area is 182 Å². The van der Waals surface area contributed by atoms with Gasteiger partial charge in [-0.3, -0.25) is 14.8 Å². The van der Waals surface area contributed by atoms with Gasteiger partial charge in [0.15, 0.2) is 0 Å². The van der Waals surface area contributed by atoms with E-state index in [1.807, 2.05) is 13.1 Å². The SMILES string of the molecule is CCCC1CC=c2c(OC(C)C3CNC(=O)C3)nc(-c3ccc(C4CC4)nc3)cc2=N1. The van der Waals surface area contributed by atoms with Crippen LogP contribution in [0, 0.1) is 5.92 Å². The van der Waals surface area contributed by atoms with Gasteiger partial charge in [-0.05, 0) is 50.8 Å². The summed E-state index contributed by atoms with van der Waals surface area (Å²) in [6, 6.07) is 6.61. The van der Waals surface area contributed by atoms with Gasteiger partial charge < -0.3 is 10.1 Å². The molecular formula is C25H30N4O2. The van der Waals surface area contributed by atoms with Crippen molar-refractivity contribution < 1.29 is 9.53 Å². The van der Waals surface area contributed by atoms with E-state index in [1.54, 1.807) is 0 Å². The molecule has 31 heavy (non-hydrogen) atoms. The average molecular weight is 419 g/mol. The maximum absolute atomic E-state index is 11.6. The molecule has 3 unspecified atom stereocenters. The molecule has 2 aliphatic heterocycles. The molecule has 1 N–H and O–H groups in total. The zero-order chi connectivity index (χ0) is 21.4. The maximum Gasteiger partial charge on any atom is 0.223 e. The molecular weight excluding hydrogens is 388 g/mol. The van der Waals surface area contributed by atoms with E-state index >= 15 is 0 Å². The Morgan fingerprint density at radius 3 is 2.84 bits per heavy atom. The second kappa shape index (κ2) is 8.40. The molecule has 0 radical (unpaired) electrons. The molecule has 3 atom stereocenters. The Morgan fingerprint density at radius 2 is 2.16 bits per heavy atom. The first-order valence-electron chi connectivity index (χ1n) is 11.6. The van der Waals surface area contributed by atoms with Gasteiger partial charge in [0.25, 0.3) is 0 Å². The van der Waals surface area contributed by atoms with Crippen molar-refractivity contribution in [1.82, 2.24) is 15.3 Å². The third-order valence-corrected chi connectivity index (χ3v) is 6.59. The quantitative estimate of drug-likeness (QED) is 0.750. The number of aromatic nitrogens is 2. The number of nitrogens with one attached hydrogen (secondary N) is 1. The van der Waals surface area contributed by atoms with Crippen molar-refractivity contribution in [1.29, 1.82) is 0 Å². The molecule has 2 aromatic heterocycles. The number of hydrogen-bond acceptors (Lipinski definition) is 5. The summed E-state index contributed by atoms with van der Waals surface area (Å²) in [5, 5.41) is 4.82. The van der Waals surface area contributed by atoms with Gasteiger partial charge >= 0.3 is 0 Å². The summed E-state index contributed by atoms with van der Waals surface area (Å²) in [6.07, 6.45) is 10.1. The lowest BCUT2D eigenvalue weighted by Gasteiger charge is -2.21. The number of rotatable bonds is 7. The fraction of sp³-hybridized carbons (Fsp3) is 0.520. The van der Waals surface area contributed by atoms with E-state index in [0.29, 0.717) is 30.8 Å². The van der Waals surface area contributed by atoms with Crippen LogP contribution in [0.2, 0.25) is 0 Å². The molecule has 6 nitrogen and oxygen atoms in total. The number of nitrogens with zero attached hydrogens (tertiary/aromatic N) is 3. The Morgan fingerprint density at radius 1 is 1.29 bits per heavy atom. The summed E-state index contributed by atoms with van der Waals surface area (Å²) in [4.78, 5) is 26.2. The Bertz CT molecular complexity index is 1090. The van der Waals surface area contributed by atoms with Crippen molar-refractivity contribution in [3.63, 3.8) is 0 Å². The minimum atomic E-state index is -0.108. The molecule has 0 aromatic carbocycles. The van der Waals surface area contributed by atoms with Crippen molar-refractivity contribution >= 4 is 12.0 Å². The number of carbonyl (C=O) groups excluding carboxylic acids is 1. The zero-order valence-corrected chi connectivity index (χ0v) is 18.3. The fourth-order valence-electron chi connectivity index (χ4n) is 4.48. The van der Waals surface area contributed by atoms with Gasteiger partial charge in [0.2, 0.25) is 11.8 Å². The average Bonchev–Trinajstić information content (AvgIpc) is 3.54. The lowest BCUT2D eigenvalue weighted by molar-refractivity contribution is -0.119. The van der Waals surface area contributed by atoms with E-state index in [-0.39, 0.29) is 17.9 Å². The highest BCUT2D eigenvalue weighted by atomic mass is 16.5. The molecule has 6 heteroatoms. The molecule has 3 aliphatic rings. The van der Waals surface area contributed by atoms with Crippen LogP contribution in [-0.2, 0) is 4.79 Å². The van der Waals surface area contributed by atoms with Crippen LogP contribution in [0.5, 0.6) is 5.88 Å². The van der Waals surface area contributed by atoms with Crippen LogP contribution in [0.3, 0.4) is 0 Å². The smallest absolute Gasteiger partial charge is 0.223 e. The molecule has 2 fully saturated rings. The molecule has 0 bridgehead atoms. The molecule has 0 spiro atoms. The summed E-state index contributed by atoms with van der Waals surface area (Å²) >= 11 is 0. The number of ether oxygens (including phenoxy) is 1. The highest BCUT2D eigenvalue weighted by Crippen LogP contribution is 2.39. The number of pyridine rings is 2. The van der Waals surface area contributed by atoms with E-state index in [4.69, 9.17) is 14.7 Å². The molecule has 1 aliphatic carbocycles. The van der Waals surface area contributed by atoms with Crippen molar-refractivity contribution in [2.24, 2.45) is 10.9 Å². The third kappa shape index (κ3) is 4.34. The number of carbonyl (C=O) groups is 1. The lowest BCUT2D eigenvalue weighted by Crippen LogP contribution is -2.36. The Hall–Kier alpha value is -2.76. The normalized spacial score (nSPS) is 23.4. The van der Waals surface area contributed by atoms with Crippen molar-refractivity contribution in [2.45, 2.75) is 70.4 Å². The maximum atomic E-state index is 11.6. The monoisotopic (exact) mass is 418 g/mol. The zero-order valence-electron chi connectivity index (χ0n) is 18.3. The largest absolute Gasteiger partial charge is 0.474 e. The number of amides is 1. The Balaban J connectivity index is 1.51. The van der Waals surface area contributed by atoms with Gasteiger partial charge in [0.1, 0.15) is 6.10 Å². The van der Waals surface area contributed by atoms with Crippen molar-refractivity contribution in [2.75, 3.05) is 6.54 Å². The first-order valence-corrected chi connectivity index (χ1v) is 11.6. The van der Waals surface area contributed by atoms with Crippen LogP contribution < -0.4 is 20.6 Å². The van der Waals surface area contributed by atoms with Crippen LogP contribution in [0.4, 0.5) is 0 Å². The molecule has 162 valence electrons. The summed E-state index contributed by atoms with van der Waals surface area (Å²) in [5.74, 6) is 1.49. The van der Waals surface area contributed by atoms with E-state index in [2.05, 4.69) is 41.5 Å². The van der Waals surface area contributed by atoms with Crippen molar-refractivity contribution in [3.8, 4) is 17.1 Å². The highest BCUT2D eigenvalue weighted by molar-refractivity contribution is 5.78. The second-order valence-corrected chi connectivity index (χ2v) is 9.09. The van der Waals surface area contributed by atoms with Gasteiger partial charge in [-0.1, -0.05) is 19.4 Å². The summed E-state index contributed by atoms with van der Waals surface area (Å²) in [7, 11) is 0. The van der Waals surface area contributed by atoms with Crippen LogP contribution in [0.15, 0.2) is 29.4 Å². The summed E-state index contributed by atoms with van der Waals surface area (Å²) < 4.78 is 6.36. The van der Waals surface area contributed by atoms with Gasteiger partial charge in [0.05, 0.1) is 22.3 Å². The third-order valence-electron chi connectivity index (χ3n) is 6.59. The fourth-order valence-corrected chi connectivity index (χ4v) is 4.48. The Kier molecular flexibility index (Phi) is 5.47. The molecule has 1 saturated heterocycles. The number of fused-ring (bicyclic) bond motifs is 1. The van der Waals surface area contributed by atoms with Crippen LogP contribution in [0.1, 0.15) is 64.0 Å². The first-order chi connectivity index (χ1) is 15.1. The number of hydrogen-bond donors (Lipinski definition) is 1. The van der Waals surface area contributed by atoms with E-state index < -0.39 is 0 Å². The molecule has 5 rings (SSSR count). The molecule has 1 amide bonds. The van der Waals surface area contributed by atoms with Crippen molar-refractivity contribution in [3.05, 3.63) is 40.7 Å². The molecule has 1 saturated carbocycles. The van der Waals surface area contributed by atoms with Gasteiger partial charge in [0, 0.05) is 42.3 Å². The van der Waals surface area contributed by atoms with Crippen LogP contribution >= 0.6 is 0 Å². The minimum Gasteiger partial charge on any atom is -0.474 e. The van der Waals surface area contributed by atoms with E-state index in [1.165, 1.54) is 18.5 Å². The topological polar surface area (TPSA) is 76.5 Å². The molecule has 2 aromatic rings. The van der Waals surface area contributed by atoms with Crippen LogP contribution in [-0.4, -0.2) is 34.6 Å². The minimum absolute atomic E-state index is 0.0926. The highest BCUT2D eigenvalue weighted by Gasteiger charge is 2.29. The molecule has 4 heterocycles. The van der Waals surface area contributed by atoms with Gasteiger partial charge in [-0.25, -0.2) is 4.98 Å². The summed E-state index contributed by atoms with van der Waals surface area (Å²) in [5.41, 5.74) is 2.99. The second-order valence-electron chi connectivity index (χ2n) is 9.09. The van der Waals surface area contributed by atoms with Gasteiger partial charge in [-0.15, -0.1) is 0 Å².